The highest BCUT2D eigenvalue weighted by Crippen LogP contribution is 2.39. The normalized spacial score (nSPS) is 11.5. The summed E-state index contributed by atoms with van der Waals surface area (Å²) in [7, 11) is -4.24. The SMILES string of the molecule is CCOc1ccc(Br)cc1S(=O)(=O)Oc1c(Cl)cc(Cl)c2cccnc12. The number of ether oxygens (including phenoxy) is 1. The van der Waals surface area contributed by atoms with Gasteiger partial charge in [-0.15, -0.1) is 0 Å². The Labute approximate surface area is 169 Å². The average molecular weight is 477 g/mol. The van der Waals surface area contributed by atoms with Crippen molar-refractivity contribution in [2.45, 2.75) is 11.8 Å². The van der Waals surface area contributed by atoms with Gasteiger partial charge in [0.1, 0.15) is 16.2 Å². The third kappa shape index (κ3) is 3.76. The van der Waals surface area contributed by atoms with Crippen LogP contribution in [0.3, 0.4) is 0 Å². The summed E-state index contributed by atoms with van der Waals surface area (Å²) in [5, 5.41) is 0.918. The van der Waals surface area contributed by atoms with Gasteiger partial charge in [-0.1, -0.05) is 39.1 Å². The summed E-state index contributed by atoms with van der Waals surface area (Å²) < 4.78 is 37.1. The van der Waals surface area contributed by atoms with Gasteiger partial charge in [-0.25, -0.2) is 0 Å². The molecule has 2 aromatic carbocycles. The Morgan fingerprint density at radius 3 is 2.65 bits per heavy atom. The fourth-order valence-electron chi connectivity index (χ4n) is 2.33. The van der Waals surface area contributed by atoms with Gasteiger partial charge in [-0.05, 0) is 43.3 Å². The van der Waals surface area contributed by atoms with Crippen molar-refractivity contribution in [1.29, 1.82) is 0 Å². The number of rotatable bonds is 5. The van der Waals surface area contributed by atoms with Gasteiger partial charge in [-0.2, -0.15) is 8.42 Å². The van der Waals surface area contributed by atoms with Crippen LogP contribution in [-0.4, -0.2) is 20.0 Å². The molecule has 0 radical (unpaired) electrons. The van der Waals surface area contributed by atoms with Crippen LogP contribution in [0.2, 0.25) is 10.0 Å². The summed E-state index contributed by atoms with van der Waals surface area (Å²) in [5.41, 5.74) is 0.251. The van der Waals surface area contributed by atoms with E-state index in [1.165, 1.54) is 18.3 Å². The number of nitrogens with zero attached hydrogens (tertiary/aromatic N) is 1. The second kappa shape index (κ2) is 7.60. The van der Waals surface area contributed by atoms with Gasteiger partial charge in [0.05, 0.1) is 16.7 Å². The zero-order valence-corrected chi connectivity index (χ0v) is 17.3. The molecule has 1 aromatic heterocycles. The summed E-state index contributed by atoms with van der Waals surface area (Å²) in [4.78, 5) is 4.04. The summed E-state index contributed by atoms with van der Waals surface area (Å²) in [6.07, 6.45) is 1.50. The van der Waals surface area contributed by atoms with Crippen LogP contribution in [0.15, 0.2) is 52.0 Å². The van der Waals surface area contributed by atoms with E-state index in [2.05, 4.69) is 20.9 Å². The van der Waals surface area contributed by atoms with E-state index in [9.17, 15) is 8.42 Å². The van der Waals surface area contributed by atoms with Gasteiger partial charge < -0.3 is 8.92 Å². The molecule has 0 fully saturated rings. The van der Waals surface area contributed by atoms with Gasteiger partial charge >= 0.3 is 10.1 Å². The van der Waals surface area contributed by atoms with Crippen LogP contribution in [-0.2, 0) is 10.1 Å². The second-order valence-electron chi connectivity index (χ2n) is 5.13. The Kier molecular flexibility index (Phi) is 5.62. The topological polar surface area (TPSA) is 65.5 Å². The third-order valence-corrected chi connectivity index (χ3v) is 5.75. The van der Waals surface area contributed by atoms with Crippen LogP contribution >= 0.6 is 39.1 Å². The highest BCUT2D eigenvalue weighted by Gasteiger charge is 2.26. The molecule has 0 amide bonds. The molecule has 136 valence electrons. The summed E-state index contributed by atoms with van der Waals surface area (Å²) in [5.74, 6) is 0.0899. The Hall–Kier alpha value is -1.54. The van der Waals surface area contributed by atoms with Crippen molar-refractivity contribution in [3.63, 3.8) is 0 Å². The minimum absolute atomic E-state index is 0.0396. The number of pyridine rings is 1. The first kappa shape index (κ1) is 19.2. The van der Waals surface area contributed by atoms with E-state index in [4.69, 9.17) is 32.1 Å². The molecule has 0 saturated carbocycles. The Balaban J connectivity index is 2.15. The lowest BCUT2D eigenvalue weighted by Crippen LogP contribution is -2.12. The first-order chi connectivity index (χ1) is 12.3. The van der Waals surface area contributed by atoms with E-state index >= 15 is 0 Å². The van der Waals surface area contributed by atoms with Crippen molar-refractivity contribution in [2.75, 3.05) is 6.61 Å². The zero-order valence-electron chi connectivity index (χ0n) is 13.4. The maximum Gasteiger partial charge on any atom is 0.343 e. The summed E-state index contributed by atoms with van der Waals surface area (Å²) in [6.45, 7) is 2.06. The molecular weight excluding hydrogens is 465 g/mol. The predicted octanol–water partition coefficient (Wildman–Crippen LogP) is 5.47. The molecule has 0 atom stereocenters. The van der Waals surface area contributed by atoms with Crippen LogP contribution < -0.4 is 8.92 Å². The van der Waals surface area contributed by atoms with Gasteiger partial charge in [0, 0.05) is 16.1 Å². The molecule has 0 unspecified atom stereocenters. The molecule has 0 aliphatic heterocycles. The number of aromatic nitrogens is 1. The van der Waals surface area contributed by atoms with Crippen molar-refractivity contribution in [2.24, 2.45) is 0 Å². The van der Waals surface area contributed by atoms with Gasteiger partial charge in [-0.3, -0.25) is 4.98 Å². The van der Waals surface area contributed by atoms with Crippen molar-refractivity contribution < 1.29 is 17.3 Å². The van der Waals surface area contributed by atoms with Crippen LogP contribution in [0.4, 0.5) is 0 Å². The van der Waals surface area contributed by atoms with Crippen LogP contribution in [0.1, 0.15) is 6.92 Å². The average Bonchev–Trinajstić information content (AvgIpc) is 2.60. The van der Waals surface area contributed by atoms with Crippen LogP contribution in [0.5, 0.6) is 11.5 Å². The second-order valence-corrected chi connectivity index (χ2v) is 8.38. The third-order valence-electron chi connectivity index (χ3n) is 3.42. The number of halogens is 3. The zero-order chi connectivity index (χ0) is 18.9. The molecule has 0 aliphatic carbocycles. The molecule has 0 saturated heterocycles. The molecule has 1 heterocycles. The van der Waals surface area contributed by atoms with E-state index in [-0.39, 0.29) is 26.9 Å². The van der Waals surface area contributed by atoms with Crippen molar-refractivity contribution in [1.82, 2.24) is 4.98 Å². The van der Waals surface area contributed by atoms with Crippen LogP contribution in [0.25, 0.3) is 10.9 Å². The largest absolute Gasteiger partial charge is 0.492 e. The lowest BCUT2D eigenvalue weighted by molar-refractivity contribution is 0.329. The summed E-state index contributed by atoms with van der Waals surface area (Å²) in [6, 6.07) is 9.43. The highest BCUT2D eigenvalue weighted by molar-refractivity contribution is 9.10. The van der Waals surface area contributed by atoms with Crippen molar-refractivity contribution >= 4 is 60.2 Å². The number of benzene rings is 2. The molecule has 0 bridgehead atoms. The molecule has 0 spiro atoms. The lowest BCUT2D eigenvalue weighted by Gasteiger charge is -2.14. The molecule has 0 aliphatic rings. The van der Waals surface area contributed by atoms with Crippen molar-refractivity contribution in [3.05, 3.63) is 57.1 Å². The van der Waals surface area contributed by atoms with E-state index in [1.807, 2.05) is 0 Å². The first-order valence-corrected chi connectivity index (χ1v) is 10.4. The Morgan fingerprint density at radius 1 is 1.15 bits per heavy atom. The maximum absolute atomic E-state index is 12.9. The first-order valence-electron chi connectivity index (χ1n) is 7.43. The molecule has 9 heteroatoms. The Morgan fingerprint density at radius 2 is 1.92 bits per heavy atom. The lowest BCUT2D eigenvalue weighted by atomic mass is 10.2. The van der Waals surface area contributed by atoms with Gasteiger partial charge in [0.2, 0.25) is 0 Å². The summed E-state index contributed by atoms with van der Waals surface area (Å²) >= 11 is 15.6. The minimum atomic E-state index is -4.24. The number of hydrogen-bond donors (Lipinski definition) is 0. The molecule has 3 rings (SSSR count). The van der Waals surface area contributed by atoms with E-state index in [1.54, 1.807) is 31.2 Å². The van der Waals surface area contributed by atoms with Crippen molar-refractivity contribution in [3.8, 4) is 11.5 Å². The Bertz CT molecular complexity index is 1090. The molecule has 5 nitrogen and oxygen atoms in total. The predicted molar refractivity (Wildman–Crippen MR) is 105 cm³/mol. The number of fused-ring (bicyclic) bond motifs is 1. The highest BCUT2D eigenvalue weighted by atomic mass is 79.9. The van der Waals surface area contributed by atoms with E-state index < -0.39 is 10.1 Å². The van der Waals surface area contributed by atoms with Crippen LogP contribution in [0, 0.1) is 0 Å². The quantitative estimate of drug-likeness (QED) is 0.456. The number of hydrogen-bond acceptors (Lipinski definition) is 5. The maximum atomic E-state index is 12.9. The van der Waals surface area contributed by atoms with E-state index in [0.717, 1.165) is 0 Å². The molecule has 26 heavy (non-hydrogen) atoms. The van der Waals surface area contributed by atoms with Gasteiger partial charge in [0.25, 0.3) is 0 Å². The fraction of sp³-hybridized carbons (Fsp3) is 0.118. The monoisotopic (exact) mass is 475 g/mol. The molecule has 0 N–H and O–H groups in total. The van der Waals surface area contributed by atoms with Gasteiger partial charge in [0.15, 0.2) is 5.75 Å². The minimum Gasteiger partial charge on any atom is -0.492 e. The standard InChI is InChI=1S/C17H12BrCl2NO4S/c1-2-24-14-6-5-10(18)8-15(14)26(22,23)25-17-13(20)9-12(19)11-4-3-7-21-16(11)17/h3-9H,2H2,1H3. The fourth-order valence-corrected chi connectivity index (χ4v) is 4.57. The molecule has 3 aromatic rings. The van der Waals surface area contributed by atoms with E-state index in [0.29, 0.717) is 21.5 Å². The molecular formula is C17H12BrCl2NO4S. The smallest absolute Gasteiger partial charge is 0.343 e.